The maximum atomic E-state index is 12.4. The lowest BCUT2D eigenvalue weighted by atomic mass is 9.87. The van der Waals surface area contributed by atoms with Crippen LogP contribution >= 0.6 is 11.6 Å². The molecule has 0 saturated carbocycles. The number of nitrogens with one attached hydrogen (secondary N) is 2. The average molecular weight is 381 g/mol. The normalized spacial score (nSPS) is 11.1. The second kappa shape index (κ2) is 7.76. The van der Waals surface area contributed by atoms with Crippen molar-refractivity contribution in [3.63, 3.8) is 0 Å². The van der Waals surface area contributed by atoms with E-state index in [9.17, 15) is 4.79 Å². The first-order valence-electron chi connectivity index (χ1n) is 8.59. The van der Waals surface area contributed by atoms with Gasteiger partial charge in [0.2, 0.25) is 5.95 Å². The Morgan fingerprint density at radius 2 is 1.56 bits per heavy atom. The number of benzene rings is 2. The molecular formula is C21H21ClN4O. The SMILES string of the molecule is CC(C)(C)c1ccc(Nc2nccc(C(=O)Nc3ccc(Cl)cc3)n2)cc1. The van der Waals surface area contributed by atoms with Crippen LogP contribution in [0, 0.1) is 0 Å². The van der Waals surface area contributed by atoms with Crippen molar-refractivity contribution >= 4 is 34.8 Å². The standard InChI is InChI=1S/C21H21ClN4O/c1-21(2,3)14-4-8-17(9-5-14)25-20-23-13-12-18(26-20)19(27)24-16-10-6-15(22)7-11-16/h4-13H,1-3H3,(H,24,27)(H,23,25,26). The fourth-order valence-electron chi connectivity index (χ4n) is 2.46. The van der Waals surface area contributed by atoms with E-state index in [0.717, 1.165) is 5.69 Å². The minimum absolute atomic E-state index is 0.0920. The van der Waals surface area contributed by atoms with Crippen LogP contribution < -0.4 is 10.6 Å². The van der Waals surface area contributed by atoms with Crippen LogP contribution in [-0.4, -0.2) is 15.9 Å². The van der Waals surface area contributed by atoms with Crippen molar-refractivity contribution in [2.24, 2.45) is 0 Å². The Kier molecular flexibility index (Phi) is 5.42. The number of rotatable bonds is 4. The largest absolute Gasteiger partial charge is 0.324 e. The number of hydrogen-bond acceptors (Lipinski definition) is 4. The Bertz CT molecular complexity index is 932. The van der Waals surface area contributed by atoms with Crippen molar-refractivity contribution in [3.8, 4) is 0 Å². The van der Waals surface area contributed by atoms with Crippen molar-refractivity contribution in [1.82, 2.24) is 9.97 Å². The Labute approximate surface area is 163 Å². The highest BCUT2D eigenvalue weighted by atomic mass is 35.5. The number of amides is 1. The van der Waals surface area contributed by atoms with E-state index in [1.807, 2.05) is 12.1 Å². The zero-order valence-electron chi connectivity index (χ0n) is 15.5. The molecule has 2 aromatic carbocycles. The van der Waals surface area contributed by atoms with E-state index in [1.165, 1.54) is 5.56 Å². The van der Waals surface area contributed by atoms with Gasteiger partial charge in [0.05, 0.1) is 0 Å². The van der Waals surface area contributed by atoms with Gasteiger partial charge < -0.3 is 10.6 Å². The van der Waals surface area contributed by atoms with Gasteiger partial charge in [0, 0.05) is 22.6 Å². The van der Waals surface area contributed by atoms with E-state index in [0.29, 0.717) is 16.7 Å². The minimum Gasteiger partial charge on any atom is -0.324 e. The van der Waals surface area contributed by atoms with Crippen molar-refractivity contribution in [2.45, 2.75) is 26.2 Å². The average Bonchev–Trinajstić information content (AvgIpc) is 2.63. The molecule has 138 valence electrons. The van der Waals surface area contributed by atoms with Gasteiger partial charge in [-0.15, -0.1) is 0 Å². The molecule has 1 amide bonds. The first kappa shape index (κ1) is 18.9. The van der Waals surface area contributed by atoms with Crippen LogP contribution in [0.4, 0.5) is 17.3 Å². The lowest BCUT2D eigenvalue weighted by Gasteiger charge is -2.19. The topological polar surface area (TPSA) is 66.9 Å². The smallest absolute Gasteiger partial charge is 0.274 e. The summed E-state index contributed by atoms with van der Waals surface area (Å²) in [5.41, 5.74) is 3.11. The quantitative estimate of drug-likeness (QED) is 0.633. The van der Waals surface area contributed by atoms with Gasteiger partial charge in [-0.2, -0.15) is 0 Å². The third-order valence-corrected chi connectivity index (χ3v) is 4.25. The summed E-state index contributed by atoms with van der Waals surface area (Å²) in [4.78, 5) is 20.9. The number of carbonyl (C=O) groups excluding carboxylic acids is 1. The Morgan fingerprint density at radius 3 is 2.19 bits per heavy atom. The lowest BCUT2D eigenvalue weighted by molar-refractivity contribution is 0.102. The van der Waals surface area contributed by atoms with Crippen LogP contribution in [0.5, 0.6) is 0 Å². The number of anilines is 3. The number of carbonyl (C=O) groups is 1. The van der Waals surface area contributed by atoms with Gasteiger partial charge in [-0.3, -0.25) is 4.79 Å². The first-order valence-corrected chi connectivity index (χ1v) is 8.96. The summed E-state index contributed by atoms with van der Waals surface area (Å²) >= 11 is 5.86. The van der Waals surface area contributed by atoms with Gasteiger partial charge in [0.25, 0.3) is 5.91 Å². The van der Waals surface area contributed by atoms with Gasteiger partial charge in [-0.05, 0) is 53.4 Å². The summed E-state index contributed by atoms with van der Waals surface area (Å²) in [6.45, 7) is 6.50. The molecule has 0 saturated heterocycles. The second-order valence-corrected chi connectivity index (χ2v) is 7.62. The molecule has 0 aliphatic rings. The van der Waals surface area contributed by atoms with Crippen molar-refractivity contribution in [1.29, 1.82) is 0 Å². The van der Waals surface area contributed by atoms with E-state index in [-0.39, 0.29) is 17.0 Å². The van der Waals surface area contributed by atoms with E-state index < -0.39 is 0 Å². The summed E-state index contributed by atoms with van der Waals surface area (Å²) in [7, 11) is 0. The number of aromatic nitrogens is 2. The van der Waals surface area contributed by atoms with Crippen LogP contribution in [0.15, 0.2) is 60.8 Å². The highest BCUT2D eigenvalue weighted by Gasteiger charge is 2.13. The zero-order chi connectivity index (χ0) is 19.4. The molecule has 0 spiro atoms. The molecule has 2 N–H and O–H groups in total. The molecule has 6 heteroatoms. The molecule has 0 radical (unpaired) electrons. The molecule has 1 heterocycles. The zero-order valence-corrected chi connectivity index (χ0v) is 16.2. The van der Waals surface area contributed by atoms with Gasteiger partial charge in [-0.25, -0.2) is 9.97 Å². The van der Waals surface area contributed by atoms with Crippen LogP contribution in [0.25, 0.3) is 0 Å². The van der Waals surface area contributed by atoms with Crippen LogP contribution in [0.3, 0.4) is 0 Å². The maximum absolute atomic E-state index is 12.4. The molecule has 3 rings (SSSR count). The van der Waals surface area contributed by atoms with Crippen LogP contribution in [-0.2, 0) is 5.41 Å². The van der Waals surface area contributed by atoms with E-state index in [2.05, 4.69) is 53.5 Å². The Morgan fingerprint density at radius 1 is 0.926 bits per heavy atom. The van der Waals surface area contributed by atoms with E-state index in [1.54, 1.807) is 36.5 Å². The Balaban J connectivity index is 1.71. The summed E-state index contributed by atoms with van der Waals surface area (Å²) in [5.74, 6) is 0.0492. The third kappa shape index (κ3) is 5.05. The highest BCUT2D eigenvalue weighted by molar-refractivity contribution is 6.30. The fraction of sp³-hybridized carbons (Fsp3) is 0.190. The van der Waals surface area contributed by atoms with Gasteiger partial charge in [0.15, 0.2) is 0 Å². The van der Waals surface area contributed by atoms with Crippen LogP contribution in [0.2, 0.25) is 5.02 Å². The van der Waals surface area contributed by atoms with E-state index >= 15 is 0 Å². The lowest BCUT2D eigenvalue weighted by Crippen LogP contribution is -2.14. The fourth-order valence-corrected chi connectivity index (χ4v) is 2.58. The van der Waals surface area contributed by atoms with Crippen molar-refractivity contribution in [3.05, 3.63) is 77.1 Å². The molecule has 3 aromatic rings. The molecule has 0 bridgehead atoms. The molecule has 0 atom stereocenters. The Hall–Kier alpha value is -2.92. The molecule has 0 unspecified atom stereocenters. The molecule has 0 fully saturated rings. The highest BCUT2D eigenvalue weighted by Crippen LogP contribution is 2.24. The second-order valence-electron chi connectivity index (χ2n) is 7.18. The summed E-state index contributed by atoms with van der Waals surface area (Å²) < 4.78 is 0. The number of halogens is 1. The first-order chi connectivity index (χ1) is 12.8. The summed E-state index contributed by atoms with van der Waals surface area (Å²) in [6, 6.07) is 16.6. The summed E-state index contributed by atoms with van der Waals surface area (Å²) in [5, 5.41) is 6.52. The predicted molar refractivity (Wildman–Crippen MR) is 110 cm³/mol. The molecular weight excluding hydrogens is 360 g/mol. The molecule has 0 aliphatic heterocycles. The van der Waals surface area contributed by atoms with Crippen molar-refractivity contribution in [2.75, 3.05) is 10.6 Å². The summed E-state index contributed by atoms with van der Waals surface area (Å²) in [6.07, 6.45) is 1.55. The molecule has 27 heavy (non-hydrogen) atoms. The monoisotopic (exact) mass is 380 g/mol. The van der Waals surface area contributed by atoms with E-state index in [4.69, 9.17) is 11.6 Å². The van der Waals surface area contributed by atoms with Gasteiger partial charge in [0.1, 0.15) is 5.69 Å². The van der Waals surface area contributed by atoms with Crippen LogP contribution in [0.1, 0.15) is 36.8 Å². The molecule has 5 nitrogen and oxygen atoms in total. The van der Waals surface area contributed by atoms with Crippen molar-refractivity contribution < 1.29 is 4.79 Å². The molecule has 0 aliphatic carbocycles. The maximum Gasteiger partial charge on any atom is 0.274 e. The third-order valence-electron chi connectivity index (χ3n) is 4.00. The predicted octanol–water partition coefficient (Wildman–Crippen LogP) is 5.42. The molecule has 1 aromatic heterocycles. The number of hydrogen-bond donors (Lipinski definition) is 2. The van der Waals surface area contributed by atoms with Gasteiger partial charge in [-0.1, -0.05) is 44.5 Å². The van der Waals surface area contributed by atoms with Gasteiger partial charge >= 0.3 is 0 Å². The minimum atomic E-state index is -0.314. The number of nitrogens with zero attached hydrogens (tertiary/aromatic N) is 2.